The molecular weight excluding hydrogens is 292 g/mol. The molecule has 0 aromatic heterocycles. The van der Waals surface area contributed by atoms with Crippen LogP contribution >= 0.6 is 15.9 Å². The molecule has 0 saturated heterocycles. The summed E-state index contributed by atoms with van der Waals surface area (Å²) < 4.78 is 6.19. The maximum absolute atomic E-state index is 10.8. The van der Waals surface area contributed by atoms with Gasteiger partial charge in [0.05, 0.1) is 7.11 Å². The summed E-state index contributed by atoms with van der Waals surface area (Å²) in [5.74, 6) is 0.679. The van der Waals surface area contributed by atoms with Crippen molar-refractivity contribution in [3.8, 4) is 5.75 Å². The molecule has 18 heavy (non-hydrogen) atoms. The zero-order valence-corrected chi connectivity index (χ0v) is 11.9. The Labute approximate surface area is 115 Å². The standard InChI is InChI=1S/C15H15BrO2/c1-15(17,11-7-3-5-9-13(11)16)12-8-4-6-10-14(12)18-2/h3-10,17H,1-2H3. The summed E-state index contributed by atoms with van der Waals surface area (Å²) in [5, 5.41) is 10.8. The van der Waals surface area contributed by atoms with Gasteiger partial charge in [0.15, 0.2) is 0 Å². The van der Waals surface area contributed by atoms with Crippen LogP contribution in [0.3, 0.4) is 0 Å². The lowest BCUT2D eigenvalue weighted by atomic mass is 9.87. The quantitative estimate of drug-likeness (QED) is 0.936. The highest BCUT2D eigenvalue weighted by Crippen LogP contribution is 2.38. The van der Waals surface area contributed by atoms with Crippen LogP contribution in [-0.2, 0) is 5.60 Å². The zero-order valence-electron chi connectivity index (χ0n) is 10.4. The Balaban J connectivity index is 2.58. The van der Waals surface area contributed by atoms with Gasteiger partial charge in [-0.05, 0) is 19.1 Å². The van der Waals surface area contributed by atoms with E-state index >= 15 is 0 Å². The van der Waals surface area contributed by atoms with Crippen LogP contribution in [0.4, 0.5) is 0 Å². The largest absolute Gasteiger partial charge is 0.496 e. The minimum Gasteiger partial charge on any atom is -0.496 e. The van der Waals surface area contributed by atoms with Gasteiger partial charge in [0.1, 0.15) is 11.4 Å². The molecule has 3 heteroatoms. The Bertz CT molecular complexity index is 550. The average Bonchev–Trinajstić information content (AvgIpc) is 2.39. The Morgan fingerprint density at radius 2 is 1.56 bits per heavy atom. The summed E-state index contributed by atoms with van der Waals surface area (Å²) in [6.07, 6.45) is 0. The Kier molecular flexibility index (Phi) is 3.73. The van der Waals surface area contributed by atoms with Gasteiger partial charge < -0.3 is 9.84 Å². The normalized spacial score (nSPS) is 14.0. The van der Waals surface area contributed by atoms with Gasteiger partial charge in [-0.1, -0.05) is 52.3 Å². The molecule has 2 aromatic rings. The highest BCUT2D eigenvalue weighted by Gasteiger charge is 2.30. The summed E-state index contributed by atoms with van der Waals surface area (Å²) in [4.78, 5) is 0. The van der Waals surface area contributed by atoms with Crippen molar-refractivity contribution in [2.45, 2.75) is 12.5 Å². The van der Waals surface area contributed by atoms with Crippen molar-refractivity contribution in [3.63, 3.8) is 0 Å². The number of ether oxygens (including phenoxy) is 1. The van der Waals surface area contributed by atoms with Crippen LogP contribution in [0, 0.1) is 0 Å². The van der Waals surface area contributed by atoms with Crippen LogP contribution in [-0.4, -0.2) is 12.2 Å². The van der Waals surface area contributed by atoms with Gasteiger partial charge in [-0.3, -0.25) is 0 Å². The van der Waals surface area contributed by atoms with Crippen molar-refractivity contribution >= 4 is 15.9 Å². The Hall–Kier alpha value is -1.32. The predicted molar refractivity (Wildman–Crippen MR) is 75.8 cm³/mol. The number of benzene rings is 2. The van der Waals surface area contributed by atoms with E-state index in [4.69, 9.17) is 4.74 Å². The van der Waals surface area contributed by atoms with Crippen molar-refractivity contribution in [2.75, 3.05) is 7.11 Å². The summed E-state index contributed by atoms with van der Waals surface area (Å²) in [5.41, 5.74) is 0.459. The molecule has 0 amide bonds. The van der Waals surface area contributed by atoms with Crippen molar-refractivity contribution in [1.29, 1.82) is 0 Å². The Morgan fingerprint density at radius 3 is 2.17 bits per heavy atom. The smallest absolute Gasteiger partial charge is 0.125 e. The molecule has 0 spiro atoms. The molecule has 0 radical (unpaired) electrons. The monoisotopic (exact) mass is 306 g/mol. The lowest BCUT2D eigenvalue weighted by Gasteiger charge is -2.27. The highest BCUT2D eigenvalue weighted by atomic mass is 79.9. The third-order valence-electron chi connectivity index (χ3n) is 3.03. The van der Waals surface area contributed by atoms with Gasteiger partial charge >= 0.3 is 0 Å². The van der Waals surface area contributed by atoms with E-state index in [-0.39, 0.29) is 0 Å². The lowest BCUT2D eigenvalue weighted by molar-refractivity contribution is 0.0982. The fraction of sp³-hybridized carbons (Fsp3) is 0.200. The van der Waals surface area contributed by atoms with Gasteiger partial charge in [0.25, 0.3) is 0 Å². The average molecular weight is 307 g/mol. The van der Waals surface area contributed by atoms with Gasteiger partial charge in [-0.2, -0.15) is 0 Å². The van der Waals surface area contributed by atoms with E-state index in [1.54, 1.807) is 14.0 Å². The first-order chi connectivity index (χ1) is 8.57. The molecule has 0 saturated carbocycles. The van der Waals surface area contributed by atoms with Crippen molar-refractivity contribution in [2.24, 2.45) is 0 Å². The summed E-state index contributed by atoms with van der Waals surface area (Å²) >= 11 is 3.48. The molecule has 94 valence electrons. The molecule has 2 aromatic carbocycles. The molecule has 0 heterocycles. The van der Waals surface area contributed by atoms with E-state index in [1.807, 2.05) is 48.5 Å². The third-order valence-corrected chi connectivity index (χ3v) is 3.72. The van der Waals surface area contributed by atoms with E-state index in [0.29, 0.717) is 5.75 Å². The second kappa shape index (κ2) is 5.12. The molecule has 1 N–H and O–H groups in total. The molecule has 0 bridgehead atoms. The number of para-hydroxylation sites is 1. The SMILES string of the molecule is COc1ccccc1C(C)(O)c1ccccc1Br. The van der Waals surface area contributed by atoms with Crippen LogP contribution in [0.5, 0.6) is 5.75 Å². The first-order valence-electron chi connectivity index (χ1n) is 5.68. The van der Waals surface area contributed by atoms with Gasteiger partial charge in [-0.25, -0.2) is 0 Å². The van der Waals surface area contributed by atoms with Crippen LogP contribution in [0.2, 0.25) is 0 Å². The molecule has 0 fully saturated rings. The van der Waals surface area contributed by atoms with E-state index in [0.717, 1.165) is 15.6 Å². The van der Waals surface area contributed by atoms with Crippen LogP contribution < -0.4 is 4.74 Å². The lowest BCUT2D eigenvalue weighted by Crippen LogP contribution is -2.24. The number of methoxy groups -OCH3 is 1. The topological polar surface area (TPSA) is 29.5 Å². The molecule has 2 nitrogen and oxygen atoms in total. The van der Waals surface area contributed by atoms with Crippen molar-refractivity contribution in [3.05, 3.63) is 64.1 Å². The molecule has 0 aliphatic heterocycles. The molecule has 1 unspecified atom stereocenters. The number of rotatable bonds is 3. The number of halogens is 1. The van der Waals surface area contributed by atoms with E-state index in [9.17, 15) is 5.11 Å². The third kappa shape index (κ3) is 2.28. The zero-order chi connectivity index (χ0) is 13.2. The number of hydrogen-bond donors (Lipinski definition) is 1. The molecule has 1 atom stereocenters. The molecule has 2 rings (SSSR count). The minimum absolute atomic E-state index is 0.679. The molecule has 0 aliphatic rings. The fourth-order valence-corrected chi connectivity index (χ4v) is 2.72. The van der Waals surface area contributed by atoms with Gasteiger partial charge in [0, 0.05) is 15.6 Å². The second-order valence-corrected chi connectivity index (χ2v) is 5.11. The van der Waals surface area contributed by atoms with Crippen molar-refractivity contribution < 1.29 is 9.84 Å². The van der Waals surface area contributed by atoms with Crippen LogP contribution in [0.25, 0.3) is 0 Å². The summed E-state index contributed by atoms with van der Waals surface area (Å²) in [6, 6.07) is 15.1. The van der Waals surface area contributed by atoms with Gasteiger partial charge in [-0.15, -0.1) is 0 Å². The predicted octanol–water partition coefficient (Wildman–Crippen LogP) is 3.71. The maximum atomic E-state index is 10.8. The summed E-state index contributed by atoms with van der Waals surface area (Å²) in [7, 11) is 1.61. The maximum Gasteiger partial charge on any atom is 0.125 e. The molecule has 0 aliphatic carbocycles. The first-order valence-corrected chi connectivity index (χ1v) is 6.47. The van der Waals surface area contributed by atoms with Gasteiger partial charge in [0.2, 0.25) is 0 Å². The number of aliphatic hydroxyl groups is 1. The second-order valence-electron chi connectivity index (χ2n) is 4.25. The fourth-order valence-electron chi connectivity index (χ4n) is 2.05. The van der Waals surface area contributed by atoms with E-state index in [2.05, 4.69) is 15.9 Å². The van der Waals surface area contributed by atoms with Crippen molar-refractivity contribution in [1.82, 2.24) is 0 Å². The first kappa shape index (κ1) is 13.1. The van der Waals surface area contributed by atoms with Crippen LogP contribution in [0.1, 0.15) is 18.1 Å². The molecular formula is C15H15BrO2. The number of hydrogen-bond acceptors (Lipinski definition) is 2. The minimum atomic E-state index is -1.10. The van der Waals surface area contributed by atoms with Crippen LogP contribution in [0.15, 0.2) is 53.0 Å². The van der Waals surface area contributed by atoms with E-state index < -0.39 is 5.60 Å². The summed E-state index contributed by atoms with van der Waals surface area (Å²) in [6.45, 7) is 1.77. The van der Waals surface area contributed by atoms with E-state index in [1.165, 1.54) is 0 Å². The highest BCUT2D eigenvalue weighted by molar-refractivity contribution is 9.10. The Morgan fingerprint density at radius 1 is 1.00 bits per heavy atom.